The third kappa shape index (κ3) is 1.61. The topological polar surface area (TPSA) is 21.3 Å². The molecule has 3 heteroatoms. The van der Waals surface area contributed by atoms with Crippen molar-refractivity contribution in [2.45, 2.75) is 44.4 Å². The molecule has 2 saturated carbocycles. The zero-order chi connectivity index (χ0) is 12.9. The minimum absolute atomic E-state index is 0.101. The normalized spacial score (nSPS) is 34.7. The number of fused-ring (bicyclic) bond motifs is 2. The van der Waals surface area contributed by atoms with Gasteiger partial charge in [-0.1, -0.05) is 24.6 Å². The molecule has 0 radical (unpaired) electrons. The Morgan fingerprint density at radius 2 is 2.16 bits per heavy atom. The molecule has 1 heterocycles. The predicted molar refractivity (Wildman–Crippen MR) is 71.2 cm³/mol. The van der Waals surface area contributed by atoms with Crippen molar-refractivity contribution in [3.63, 3.8) is 0 Å². The maximum Gasteiger partial charge on any atom is 0.127 e. The van der Waals surface area contributed by atoms with E-state index in [9.17, 15) is 4.39 Å². The van der Waals surface area contributed by atoms with Crippen molar-refractivity contribution in [3.8, 4) is 0 Å². The van der Waals surface area contributed by atoms with E-state index in [2.05, 4.69) is 5.32 Å². The van der Waals surface area contributed by atoms with Crippen LogP contribution in [0.3, 0.4) is 0 Å². The molecule has 1 aromatic rings. The number of rotatable bonds is 3. The number of hydrogen-bond donors (Lipinski definition) is 1. The van der Waals surface area contributed by atoms with Crippen LogP contribution in [0.2, 0.25) is 0 Å². The summed E-state index contributed by atoms with van der Waals surface area (Å²) in [5, 5.41) is 3.62. The van der Waals surface area contributed by atoms with Gasteiger partial charge in [-0.15, -0.1) is 0 Å². The Hall–Kier alpha value is -0.930. The summed E-state index contributed by atoms with van der Waals surface area (Å²) in [5.74, 6) is 0.559. The second kappa shape index (κ2) is 4.29. The van der Waals surface area contributed by atoms with Gasteiger partial charge in [0.15, 0.2) is 0 Å². The van der Waals surface area contributed by atoms with E-state index >= 15 is 0 Å². The Morgan fingerprint density at radius 1 is 1.32 bits per heavy atom. The zero-order valence-corrected chi connectivity index (χ0v) is 11.1. The molecule has 1 aromatic carbocycles. The first kappa shape index (κ1) is 11.9. The monoisotopic (exact) mass is 261 g/mol. The first-order valence-electron chi connectivity index (χ1n) is 7.40. The molecule has 19 heavy (non-hydrogen) atoms. The van der Waals surface area contributed by atoms with Crippen molar-refractivity contribution in [3.05, 3.63) is 35.6 Å². The molecule has 102 valence electrons. The molecule has 3 fully saturated rings. The number of hydrogen-bond acceptors (Lipinski definition) is 2. The Labute approximate surface area is 113 Å². The third-order valence-corrected chi connectivity index (χ3v) is 5.51. The second-order valence-electron chi connectivity index (χ2n) is 6.28. The van der Waals surface area contributed by atoms with Gasteiger partial charge < -0.3 is 10.1 Å². The van der Waals surface area contributed by atoms with Crippen molar-refractivity contribution in [2.75, 3.05) is 6.61 Å². The smallest absolute Gasteiger partial charge is 0.127 e. The summed E-state index contributed by atoms with van der Waals surface area (Å²) in [6, 6.07) is 7.60. The molecule has 2 nitrogen and oxygen atoms in total. The highest BCUT2D eigenvalue weighted by molar-refractivity contribution is 5.21. The number of ether oxygens (including phenoxy) is 1. The van der Waals surface area contributed by atoms with Crippen LogP contribution in [0.5, 0.6) is 0 Å². The summed E-state index contributed by atoms with van der Waals surface area (Å²) >= 11 is 0. The van der Waals surface area contributed by atoms with Crippen molar-refractivity contribution < 1.29 is 9.13 Å². The summed E-state index contributed by atoms with van der Waals surface area (Å²) < 4.78 is 19.6. The Kier molecular flexibility index (Phi) is 2.68. The maximum atomic E-state index is 13.7. The van der Waals surface area contributed by atoms with E-state index in [0.717, 1.165) is 12.2 Å². The van der Waals surface area contributed by atoms with Crippen molar-refractivity contribution in [1.29, 1.82) is 0 Å². The summed E-state index contributed by atoms with van der Waals surface area (Å²) in [6.45, 7) is 1.55. The lowest BCUT2D eigenvalue weighted by molar-refractivity contribution is -0.176. The highest BCUT2D eigenvalue weighted by Gasteiger charge is 2.66. The van der Waals surface area contributed by atoms with Gasteiger partial charge in [0.05, 0.1) is 6.10 Å². The van der Waals surface area contributed by atoms with Crippen LogP contribution in [-0.2, 0) is 11.3 Å². The number of benzene rings is 1. The first-order chi connectivity index (χ1) is 9.31. The van der Waals surface area contributed by atoms with Gasteiger partial charge in [-0.25, -0.2) is 4.39 Å². The molecule has 3 atom stereocenters. The van der Waals surface area contributed by atoms with Gasteiger partial charge in [0.2, 0.25) is 0 Å². The standard InChI is InChI=1S/C16H20FNO/c17-13-5-2-1-4-11(13)10-18-14-12-6-9-19-15(12)16(14)7-3-8-16/h1-2,4-5,12,14-15,18H,3,6-10H2. The van der Waals surface area contributed by atoms with Crippen LogP contribution in [-0.4, -0.2) is 18.8 Å². The molecule has 1 spiro atoms. The molecule has 0 aromatic heterocycles. The lowest BCUT2D eigenvalue weighted by Gasteiger charge is -2.63. The van der Waals surface area contributed by atoms with Gasteiger partial charge in [-0.05, 0) is 25.3 Å². The fourth-order valence-corrected chi connectivity index (χ4v) is 4.42. The average molecular weight is 261 g/mol. The molecule has 3 unspecified atom stereocenters. The van der Waals surface area contributed by atoms with Gasteiger partial charge in [-0.3, -0.25) is 0 Å². The number of halogens is 1. The predicted octanol–water partition coefficient (Wildman–Crippen LogP) is 2.87. The maximum absolute atomic E-state index is 13.7. The van der Waals surface area contributed by atoms with E-state index in [4.69, 9.17) is 4.74 Å². The highest BCUT2D eigenvalue weighted by atomic mass is 19.1. The molecule has 4 rings (SSSR count). The minimum atomic E-state index is -0.101. The lowest BCUT2D eigenvalue weighted by Crippen LogP contribution is -2.70. The van der Waals surface area contributed by atoms with Crippen molar-refractivity contribution >= 4 is 0 Å². The molecule has 2 aliphatic carbocycles. The summed E-state index contributed by atoms with van der Waals surface area (Å²) in [5.41, 5.74) is 1.16. The van der Waals surface area contributed by atoms with Gasteiger partial charge >= 0.3 is 0 Å². The second-order valence-corrected chi connectivity index (χ2v) is 6.28. The number of nitrogens with one attached hydrogen (secondary N) is 1. The fourth-order valence-electron chi connectivity index (χ4n) is 4.42. The quantitative estimate of drug-likeness (QED) is 0.903. The molecule has 1 saturated heterocycles. The van der Waals surface area contributed by atoms with E-state index in [1.807, 2.05) is 12.1 Å². The van der Waals surface area contributed by atoms with E-state index in [0.29, 0.717) is 30.0 Å². The summed E-state index contributed by atoms with van der Waals surface area (Å²) in [6.07, 6.45) is 5.54. The van der Waals surface area contributed by atoms with Crippen LogP contribution < -0.4 is 5.32 Å². The van der Waals surface area contributed by atoms with Crippen molar-refractivity contribution in [2.24, 2.45) is 11.3 Å². The molecular weight excluding hydrogens is 241 g/mol. The van der Waals surface area contributed by atoms with Crippen LogP contribution in [0.25, 0.3) is 0 Å². The largest absolute Gasteiger partial charge is 0.377 e. The zero-order valence-electron chi connectivity index (χ0n) is 11.1. The van der Waals surface area contributed by atoms with Gasteiger partial charge in [0.25, 0.3) is 0 Å². The van der Waals surface area contributed by atoms with E-state index in [1.54, 1.807) is 12.1 Å². The fraction of sp³-hybridized carbons (Fsp3) is 0.625. The third-order valence-electron chi connectivity index (χ3n) is 5.51. The van der Waals surface area contributed by atoms with E-state index in [-0.39, 0.29) is 5.82 Å². The Bertz CT molecular complexity index is 485. The van der Waals surface area contributed by atoms with Crippen LogP contribution in [0.15, 0.2) is 24.3 Å². The van der Waals surface area contributed by atoms with Crippen LogP contribution in [0.1, 0.15) is 31.2 Å². The Balaban J connectivity index is 1.47. The molecule has 0 amide bonds. The van der Waals surface area contributed by atoms with Gasteiger partial charge in [0.1, 0.15) is 5.82 Å². The lowest BCUT2D eigenvalue weighted by atomic mass is 9.46. The van der Waals surface area contributed by atoms with Gasteiger partial charge in [-0.2, -0.15) is 0 Å². The summed E-state index contributed by atoms with van der Waals surface area (Å²) in [7, 11) is 0. The molecular formula is C16H20FNO. The Morgan fingerprint density at radius 3 is 2.89 bits per heavy atom. The summed E-state index contributed by atoms with van der Waals surface area (Å²) in [4.78, 5) is 0. The molecule has 3 aliphatic rings. The SMILES string of the molecule is Fc1ccccc1CNC1C2CCOC2C12CCC2. The van der Waals surface area contributed by atoms with E-state index < -0.39 is 0 Å². The van der Waals surface area contributed by atoms with Crippen molar-refractivity contribution in [1.82, 2.24) is 5.32 Å². The van der Waals surface area contributed by atoms with Crippen LogP contribution in [0, 0.1) is 17.2 Å². The molecule has 0 bridgehead atoms. The van der Waals surface area contributed by atoms with E-state index in [1.165, 1.54) is 25.7 Å². The van der Waals surface area contributed by atoms with Crippen LogP contribution in [0.4, 0.5) is 4.39 Å². The average Bonchev–Trinajstić information content (AvgIpc) is 2.75. The van der Waals surface area contributed by atoms with Crippen LogP contribution >= 0.6 is 0 Å². The highest BCUT2D eigenvalue weighted by Crippen LogP contribution is 2.62. The molecule has 1 aliphatic heterocycles. The molecule has 1 N–H and O–H groups in total. The first-order valence-corrected chi connectivity index (χ1v) is 7.40. The minimum Gasteiger partial charge on any atom is -0.377 e. The van der Waals surface area contributed by atoms with Gasteiger partial charge in [0, 0.05) is 36.1 Å².